The van der Waals surface area contributed by atoms with E-state index in [-0.39, 0.29) is 37.6 Å². The number of ether oxygens (including phenoxy) is 5. The molecule has 0 fully saturated rings. The Hall–Kier alpha value is -2.72. The van der Waals surface area contributed by atoms with Crippen molar-refractivity contribution in [1.82, 2.24) is 0 Å². The minimum absolute atomic E-state index is 0.0382. The van der Waals surface area contributed by atoms with E-state index < -0.39 is 11.9 Å². The summed E-state index contributed by atoms with van der Waals surface area (Å²) < 4.78 is 25.6. The zero-order valence-electron chi connectivity index (χ0n) is 19.8. The standard InChI is InChI=1S/C24H37N2O7/c1-4-5-6-7-8-9-10-26-20-22(3)24(28)33-18-16-31-14-12-29-11-13-30-15-17-32-23(27)21(2)19-25/h2-18H2,1H3/q+1. The van der Waals surface area contributed by atoms with Crippen LogP contribution in [0.5, 0.6) is 0 Å². The highest BCUT2D eigenvalue weighted by molar-refractivity contribution is 5.92. The summed E-state index contributed by atoms with van der Waals surface area (Å²) >= 11 is 0. The average Bonchev–Trinajstić information content (AvgIpc) is 2.82. The highest BCUT2D eigenvalue weighted by Crippen LogP contribution is 2.05. The van der Waals surface area contributed by atoms with E-state index in [2.05, 4.69) is 31.0 Å². The normalized spacial score (nSPS) is 9.94. The minimum atomic E-state index is -0.751. The lowest BCUT2D eigenvalue weighted by Crippen LogP contribution is -2.15. The van der Waals surface area contributed by atoms with Gasteiger partial charge in [-0.1, -0.05) is 50.6 Å². The van der Waals surface area contributed by atoms with Gasteiger partial charge in [-0.3, -0.25) is 0 Å². The molecule has 0 aromatic carbocycles. The molecule has 0 aliphatic rings. The maximum atomic E-state index is 11.8. The number of nitrogens with zero attached hydrogens (tertiary/aromatic N) is 2. The molecule has 184 valence electrons. The summed E-state index contributed by atoms with van der Waals surface area (Å²) in [5, 5.41) is 8.47. The second kappa shape index (κ2) is 22.5. The predicted molar refractivity (Wildman–Crippen MR) is 124 cm³/mol. The molecule has 0 saturated heterocycles. The zero-order valence-corrected chi connectivity index (χ0v) is 19.8. The van der Waals surface area contributed by atoms with Gasteiger partial charge in [-0.2, -0.15) is 5.26 Å². The van der Waals surface area contributed by atoms with Gasteiger partial charge < -0.3 is 23.7 Å². The van der Waals surface area contributed by atoms with Crippen LogP contribution in [0.2, 0.25) is 0 Å². The Balaban J connectivity index is 3.47. The van der Waals surface area contributed by atoms with Crippen LogP contribution < -0.4 is 0 Å². The molecule has 0 amide bonds. The smallest absolute Gasteiger partial charge is 0.352 e. The first-order valence-corrected chi connectivity index (χ1v) is 11.3. The number of carbonyl (C=O) groups excluding carboxylic acids is 2. The van der Waals surface area contributed by atoms with Gasteiger partial charge in [-0.25, -0.2) is 9.59 Å². The van der Waals surface area contributed by atoms with E-state index in [9.17, 15) is 9.59 Å². The number of esters is 2. The highest BCUT2D eigenvalue weighted by Gasteiger charge is 2.11. The first-order chi connectivity index (χ1) is 16.0. The predicted octanol–water partition coefficient (Wildman–Crippen LogP) is 3.45. The molecule has 0 unspecified atom stereocenters. The molecule has 9 heteroatoms. The molecule has 0 bridgehead atoms. The van der Waals surface area contributed by atoms with Gasteiger partial charge in [0.1, 0.15) is 24.9 Å². The Morgan fingerprint density at radius 1 is 0.727 bits per heavy atom. The summed E-state index contributed by atoms with van der Waals surface area (Å²) in [5.41, 5.74) is -0.141. The third-order valence-corrected chi connectivity index (χ3v) is 4.13. The van der Waals surface area contributed by atoms with Crippen LogP contribution >= 0.6 is 0 Å². The van der Waals surface area contributed by atoms with Gasteiger partial charge in [0.15, 0.2) is 5.57 Å². The van der Waals surface area contributed by atoms with Gasteiger partial charge in [0.25, 0.3) is 6.54 Å². The number of hydrogen-bond acceptors (Lipinski definition) is 8. The Labute approximate surface area is 197 Å². The van der Waals surface area contributed by atoms with E-state index in [4.69, 9.17) is 28.9 Å². The summed E-state index contributed by atoms with van der Waals surface area (Å²) in [6, 6.07) is 4.24. The van der Waals surface area contributed by atoms with Crippen LogP contribution in [0.3, 0.4) is 0 Å². The number of nitriles is 1. The van der Waals surface area contributed by atoms with Crippen LogP contribution in [0.25, 0.3) is 4.85 Å². The van der Waals surface area contributed by atoms with Crippen LogP contribution in [0.1, 0.15) is 45.4 Å². The van der Waals surface area contributed by atoms with Crippen molar-refractivity contribution >= 4 is 11.9 Å². The maximum absolute atomic E-state index is 11.8. The van der Waals surface area contributed by atoms with E-state index in [1.165, 1.54) is 25.7 Å². The van der Waals surface area contributed by atoms with Gasteiger partial charge in [0.05, 0.1) is 39.6 Å². The van der Waals surface area contributed by atoms with Crippen LogP contribution in [-0.4, -0.2) is 71.3 Å². The third kappa shape index (κ3) is 19.7. The fourth-order valence-electron chi connectivity index (χ4n) is 2.32. The lowest BCUT2D eigenvalue weighted by atomic mass is 10.1. The van der Waals surface area contributed by atoms with Crippen molar-refractivity contribution < 1.29 is 33.3 Å². The molecule has 0 aromatic heterocycles. The van der Waals surface area contributed by atoms with Crippen molar-refractivity contribution in [2.75, 3.05) is 59.4 Å². The third-order valence-electron chi connectivity index (χ3n) is 4.13. The van der Waals surface area contributed by atoms with Crippen molar-refractivity contribution in [3.63, 3.8) is 0 Å². The first-order valence-electron chi connectivity index (χ1n) is 11.3. The van der Waals surface area contributed by atoms with E-state index >= 15 is 0 Å². The SMILES string of the molecule is C=C(C#N)C(=O)OCCOCCOCCOCCOC(=O)C(=C)C#[N+]CCCCCCCC. The molecule has 0 spiro atoms. The molecule has 9 nitrogen and oxygen atoms in total. The molecule has 33 heavy (non-hydrogen) atoms. The van der Waals surface area contributed by atoms with Crippen molar-refractivity contribution in [2.45, 2.75) is 45.4 Å². The molecule has 0 atom stereocenters. The van der Waals surface area contributed by atoms with Gasteiger partial charge in [0.2, 0.25) is 0 Å². The summed E-state index contributed by atoms with van der Waals surface area (Å²) in [5.74, 6) is -1.31. The Morgan fingerprint density at radius 2 is 1.18 bits per heavy atom. The molecule has 0 heterocycles. The number of unbranched alkanes of at least 4 members (excludes halogenated alkanes) is 5. The summed E-state index contributed by atoms with van der Waals surface area (Å²) in [6.45, 7) is 11.7. The Morgan fingerprint density at radius 3 is 1.70 bits per heavy atom. The minimum Gasteiger partial charge on any atom is -0.459 e. The van der Waals surface area contributed by atoms with Crippen LogP contribution in [0.4, 0.5) is 0 Å². The maximum Gasteiger partial charge on any atom is 0.352 e. The summed E-state index contributed by atoms with van der Waals surface area (Å²) in [6.07, 6.45) is 7.09. The number of hydrogen-bond donors (Lipinski definition) is 0. The van der Waals surface area contributed by atoms with Crippen molar-refractivity contribution in [1.29, 1.82) is 5.26 Å². The van der Waals surface area contributed by atoms with Crippen molar-refractivity contribution in [3.05, 3.63) is 29.1 Å². The van der Waals surface area contributed by atoms with E-state index in [1.807, 2.05) is 0 Å². The Bertz CT molecular complexity index is 689. The molecule has 0 aliphatic carbocycles. The lowest BCUT2D eigenvalue weighted by Gasteiger charge is -2.07. The lowest BCUT2D eigenvalue weighted by molar-refractivity contribution is -0.140. The van der Waals surface area contributed by atoms with E-state index in [1.54, 1.807) is 6.07 Å². The van der Waals surface area contributed by atoms with Crippen LogP contribution in [0, 0.1) is 17.4 Å². The number of carbonyl (C=O) groups is 2. The summed E-state index contributed by atoms with van der Waals surface area (Å²) in [7, 11) is 0. The quantitative estimate of drug-likeness (QED) is 0.116. The van der Waals surface area contributed by atoms with E-state index in [0.29, 0.717) is 33.0 Å². The van der Waals surface area contributed by atoms with Crippen molar-refractivity contribution in [2.24, 2.45) is 0 Å². The molecule has 0 N–H and O–H groups in total. The molecular formula is C24H37N2O7+. The topological polar surface area (TPSA) is 108 Å². The Kier molecular flexibility index (Phi) is 20.6. The molecule has 0 aliphatic heterocycles. The van der Waals surface area contributed by atoms with Crippen molar-refractivity contribution in [3.8, 4) is 12.1 Å². The molecule has 0 rings (SSSR count). The largest absolute Gasteiger partial charge is 0.459 e. The fourth-order valence-corrected chi connectivity index (χ4v) is 2.32. The fraction of sp³-hybridized carbons (Fsp3) is 0.667. The average molecular weight is 466 g/mol. The molecular weight excluding hydrogens is 428 g/mol. The van der Waals surface area contributed by atoms with Crippen LogP contribution in [0.15, 0.2) is 24.3 Å². The van der Waals surface area contributed by atoms with Gasteiger partial charge >= 0.3 is 18.0 Å². The number of rotatable bonds is 20. The highest BCUT2D eigenvalue weighted by atomic mass is 16.6. The summed E-state index contributed by atoms with van der Waals surface area (Å²) in [4.78, 5) is 27.0. The second-order valence-electron chi connectivity index (χ2n) is 6.94. The van der Waals surface area contributed by atoms with E-state index in [0.717, 1.165) is 12.8 Å². The molecule has 0 aromatic rings. The monoisotopic (exact) mass is 465 g/mol. The zero-order chi connectivity index (χ0) is 24.6. The molecule has 0 radical (unpaired) electrons. The van der Waals surface area contributed by atoms with Gasteiger partial charge in [0, 0.05) is 6.42 Å². The second-order valence-corrected chi connectivity index (χ2v) is 6.94. The first kappa shape index (κ1) is 30.3. The van der Waals surface area contributed by atoms with Crippen LogP contribution in [-0.2, 0) is 33.3 Å². The molecule has 0 saturated carbocycles. The van der Waals surface area contributed by atoms with Gasteiger partial charge in [-0.15, -0.1) is 0 Å². The van der Waals surface area contributed by atoms with Gasteiger partial charge in [-0.05, 0) is 6.42 Å².